The molecule has 0 radical (unpaired) electrons. The van der Waals surface area contributed by atoms with Gasteiger partial charge in [0.1, 0.15) is 5.76 Å². The summed E-state index contributed by atoms with van der Waals surface area (Å²) in [6, 6.07) is 7.36. The minimum absolute atomic E-state index is 0.0456. The van der Waals surface area contributed by atoms with Crippen molar-refractivity contribution in [1.82, 2.24) is 9.88 Å². The lowest BCUT2D eigenvalue weighted by atomic mass is 10.3. The molecular formula is C16H16N4O2S. The first-order chi connectivity index (χ1) is 11.3. The smallest absolute Gasteiger partial charge is 0.242 e. The van der Waals surface area contributed by atoms with Gasteiger partial charge < -0.3 is 4.42 Å². The highest BCUT2D eigenvalue weighted by Crippen LogP contribution is 2.30. The number of thioether (sulfide) groups is 1. The molecule has 0 saturated carbocycles. The second kappa shape index (κ2) is 7.23. The number of carbonyl (C=O) groups excluding carboxylic acids is 1. The van der Waals surface area contributed by atoms with E-state index >= 15 is 0 Å². The van der Waals surface area contributed by atoms with Crippen molar-refractivity contribution in [1.29, 1.82) is 0 Å². The van der Waals surface area contributed by atoms with Gasteiger partial charge in [-0.05, 0) is 24.6 Å². The Balaban J connectivity index is 1.78. The van der Waals surface area contributed by atoms with Crippen LogP contribution in [0.3, 0.4) is 0 Å². The van der Waals surface area contributed by atoms with Gasteiger partial charge in [0.2, 0.25) is 5.91 Å². The zero-order valence-corrected chi connectivity index (χ0v) is 13.4. The summed E-state index contributed by atoms with van der Waals surface area (Å²) in [5, 5.41) is 8.78. The van der Waals surface area contributed by atoms with Crippen molar-refractivity contribution in [3.8, 4) is 0 Å². The van der Waals surface area contributed by atoms with E-state index in [0.29, 0.717) is 11.7 Å². The van der Waals surface area contributed by atoms with Gasteiger partial charge in [-0.2, -0.15) is 5.10 Å². The number of amides is 1. The van der Waals surface area contributed by atoms with Crippen molar-refractivity contribution in [3.63, 3.8) is 0 Å². The lowest BCUT2D eigenvalue weighted by Gasteiger charge is -2.13. The fraction of sp³-hybridized carbons (Fsp3) is 0.250. The summed E-state index contributed by atoms with van der Waals surface area (Å²) >= 11 is 1.44. The standard InChI is InChI=1S/C16H16N4O2S/c1-2-14-15(21)20(11-13-6-4-8-22-13)16(23-14)19-18-10-12-5-3-7-17-9-12/h3-10,14H,2,11H2,1H3/b18-10-,19-16-. The second-order valence-corrected chi connectivity index (χ2v) is 6.10. The SMILES string of the molecule is CCC1S/C(=N\N=C/c2cccnc2)N(Cc2ccco2)C1=O. The maximum atomic E-state index is 12.4. The van der Waals surface area contributed by atoms with Gasteiger partial charge in [-0.3, -0.25) is 14.7 Å². The van der Waals surface area contributed by atoms with Crippen LogP contribution >= 0.6 is 11.8 Å². The van der Waals surface area contributed by atoms with Crippen LogP contribution in [0.2, 0.25) is 0 Å². The molecule has 1 unspecified atom stereocenters. The van der Waals surface area contributed by atoms with Gasteiger partial charge in [0, 0.05) is 18.0 Å². The Kier molecular flexibility index (Phi) is 4.87. The number of aromatic nitrogens is 1. The largest absolute Gasteiger partial charge is 0.467 e. The Morgan fingerprint density at radius 1 is 1.43 bits per heavy atom. The summed E-state index contributed by atoms with van der Waals surface area (Å²) in [6.07, 6.45) is 7.37. The van der Waals surface area contributed by atoms with E-state index in [1.807, 2.05) is 25.1 Å². The predicted molar refractivity (Wildman–Crippen MR) is 90.2 cm³/mol. The highest BCUT2D eigenvalue weighted by atomic mass is 32.2. The third-order valence-electron chi connectivity index (χ3n) is 3.32. The van der Waals surface area contributed by atoms with Gasteiger partial charge in [-0.25, -0.2) is 0 Å². The molecule has 2 aromatic rings. The Morgan fingerprint density at radius 3 is 3.04 bits per heavy atom. The molecular weight excluding hydrogens is 312 g/mol. The summed E-state index contributed by atoms with van der Waals surface area (Å²) in [4.78, 5) is 18.1. The van der Waals surface area contributed by atoms with E-state index in [4.69, 9.17) is 4.42 Å². The summed E-state index contributed by atoms with van der Waals surface area (Å²) in [5.41, 5.74) is 0.857. The van der Waals surface area contributed by atoms with Crippen LogP contribution in [0.1, 0.15) is 24.7 Å². The van der Waals surface area contributed by atoms with Gasteiger partial charge in [0.25, 0.3) is 0 Å². The molecule has 7 heteroatoms. The topological polar surface area (TPSA) is 71.1 Å². The van der Waals surface area contributed by atoms with Gasteiger partial charge in [0.15, 0.2) is 5.17 Å². The van der Waals surface area contributed by atoms with Crippen molar-refractivity contribution in [2.45, 2.75) is 25.1 Å². The molecule has 1 aliphatic heterocycles. The lowest BCUT2D eigenvalue weighted by Crippen LogP contribution is -2.31. The number of nitrogens with zero attached hydrogens (tertiary/aromatic N) is 4. The molecule has 2 aromatic heterocycles. The molecule has 1 saturated heterocycles. The molecule has 3 heterocycles. The van der Waals surface area contributed by atoms with E-state index in [9.17, 15) is 4.79 Å². The molecule has 1 fully saturated rings. The zero-order chi connectivity index (χ0) is 16.1. The summed E-state index contributed by atoms with van der Waals surface area (Å²) < 4.78 is 5.33. The van der Waals surface area contributed by atoms with Gasteiger partial charge in [-0.15, -0.1) is 5.10 Å². The maximum Gasteiger partial charge on any atom is 0.242 e. The quantitative estimate of drug-likeness (QED) is 0.625. The minimum Gasteiger partial charge on any atom is -0.467 e. The number of hydrogen-bond acceptors (Lipinski definition) is 6. The molecule has 3 rings (SSSR count). The van der Waals surface area contributed by atoms with E-state index in [-0.39, 0.29) is 11.2 Å². The van der Waals surface area contributed by atoms with Crippen LogP contribution in [0.25, 0.3) is 0 Å². The van der Waals surface area contributed by atoms with Crippen molar-refractivity contribution < 1.29 is 9.21 Å². The molecule has 1 aliphatic rings. The monoisotopic (exact) mass is 328 g/mol. The number of furan rings is 1. The Bertz CT molecular complexity index is 713. The molecule has 118 valence electrons. The first kappa shape index (κ1) is 15.5. The van der Waals surface area contributed by atoms with Crippen LogP contribution in [0.15, 0.2) is 57.5 Å². The Hall–Kier alpha value is -2.41. The van der Waals surface area contributed by atoms with Crippen LogP contribution in [-0.2, 0) is 11.3 Å². The second-order valence-electron chi connectivity index (χ2n) is 4.93. The Labute approximate surface area is 138 Å². The summed E-state index contributed by atoms with van der Waals surface area (Å²) in [5.74, 6) is 0.767. The average molecular weight is 328 g/mol. The van der Waals surface area contributed by atoms with Crippen molar-refractivity contribution in [2.75, 3.05) is 0 Å². The molecule has 23 heavy (non-hydrogen) atoms. The van der Waals surface area contributed by atoms with Crippen LogP contribution in [0, 0.1) is 0 Å². The van der Waals surface area contributed by atoms with Crippen molar-refractivity contribution in [2.24, 2.45) is 10.2 Å². The van der Waals surface area contributed by atoms with Crippen LogP contribution in [0.4, 0.5) is 0 Å². The molecule has 1 amide bonds. The van der Waals surface area contributed by atoms with Crippen LogP contribution in [0.5, 0.6) is 0 Å². The average Bonchev–Trinajstić information content (AvgIpc) is 3.19. The number of carbonyl (C=O) groups is 1. The maximum absolute atomic E-state index is 12.4. The molecule has 0 N–H and O–H groups in total. The molecule has 0 bridgehead atoms. The minimum atomic E-state index is -0.114. The van der Waals surface area contributed by atoms with Crippen LogP contribution in [-0.4, -0.2) is 32.4 Å². The number of pyridine rings is 1. The molecule has 0 aromatic carbocycles. The Morgan fingerprint density at radius 2 is 2.35 bits per heavy atom. The third-order valence-corrected chi connectivity index (χ3v) is 4.65. The number of hydrogen-bond donors (Lipinski definition) is 0. The fourth-order valence-corrected chi connectivity index (χ4v) is 3.17. The first-order valence-corrected chi connectivity index (χ1v) is 8.17. The van der Waals surface area contributed by atoms with E-state index in [1.165, 1.54) is 11.8 Å². The molecule has 6 nitrogen and oxygen atoms in total. The van der Waals surface area contributed by atoms with Crippen molar-refractivity contribution in [3.05, 3.63) is 54.2 Å². The highest BCUT2D eigenvalue weighted by Gasteiger charge is 2.37. The summed E-state index contributed by atoms with van der Waals surface area (Å²) in [7, 11) is 0. The summed E-state index contributed by atoms with van der Waals surface area (Å²) in [6.45, 7) is 2.36. The van der Waals surface area contributed by atoms with Gasteiger partial charge in [0.05, 0.1) is 24.3 Å². The van der Waals surface area contributed by atoms with Gasteiger partial charge >= 0.3 is 0 Å². The molecule has 0 aliphatic carbocycles. The molecule has 1 atom stereocenters. The van der Waals surface area contributed by atoms with Gasteiger partial charge in [-0.1, -0.05) is 24.8 Å². The fourth-order valence-electron chi connectivity index (χ4n) is 2.15. The highest BCUT2D eigenvalue weighted by molar-refractivity contribution is 8.15. The zero-order valence-electron chi connectivity index (χ0n) is 12.6. The number of amidine groups is 1. The first-order valence-electron chi connectivity index (χ1n) is 7.29. The third kappa shape index (κ3) is 3.68. The normalized spacial score (nSPS) is 20.0. The van der Waals surface area contributed by atoms with Crippen molar-refractivity contribution >= 4 is 29.1 Å². The van der Waals surface area contributed by atoms with E-state index in [2.05, 4.69) is 15.2 Å². The van der Waals surface area contributed by atoms with E-state index < -0.39 is 0 Å². The molecule has 0 spiro atoms. The van der Waals surface area contributed by atoms with Crippen LogP contribution < -0.4 is 0 Å². The lowest BCUT2D eigenvalue weighted by molar-refractivity contribution is -0.126. The van der Waals surface area contributed by atoms with E-state index in [0.717, 1.165) is 17.7 Å². The predicted octanol–water partition coefficient (Wildman–Crippen LogP) is 2.92. The number of rotatable bonds is 5. The van der Waals surface area contributed by atoms with E-state index in [1.54, 1.807) is 35.8 Å².